The SMILES string of the molecule is COc1cc([C@H]2[C@H]3C(=O)N(c4ccccc4Cl)C(=O)[C@@H]3ON2c2ccccc2)ccc1O. The van der Waals surface area contributed by atoms with Gasteiger partial charge in [-0.2, -0.15) is 0 Å². The van der Waals surface area contributed by atoms with E-state index < -0.39 is 29.9 Å². The first kappa shape index (κ1) is 20.4. The number of aromatic hydroxyl groups is 1. The highest BCUT2D eigenvalue weighted by molar-refractivity contribution is 6.36. The molecule has 0 saturated carbocycles. The number of imide groups is 1. The predicted molar refractivity (Wildman–Crippen MR) is 119 cm³/mol. The van der Waals surface area contributed by atoms with Crippen molar-refractivity contribution in [2.24, 2.45) is 5.92 Å². The summed E-state index contributed by atoms with van der Waals surface area (Å²) >= 11 is 6.28. The first-order valence-electron chi connectivity index (χ1n) is 10.0. The second-order valence-corrected chi connectivity index (χ2v) is 7.96. The lowest BCUT2D eigenvalue weighted by molar-refractivity contribution is -0.126. The lowest BCUT2D eigenvalue weighted by Gasteiger charge is -2.29. The maximum Gasteiger partial charge on any atom is 0.266 e. The number of amides is 2. The van der Waals surface area contributed by atoms with Crippen LogP contribution in [0.4, 0.5) is 11.4 Å². The largest absolute Gasteiger partial charge is 0.504 e. The van der Waals surface area contributed by atoms with E-state index in [0.29, 0.717) is 22.0 Å². The summed E-state index contributed by atoms with van der Waals surface area (Å²) in [6.07, 6.45) is -1.01. The Labute approximate surface area is 189 Å². The molecule has 2 fully saturated rings. The van der Waals surface area contributed by atoms with Crippen LogP contribution in [0, 0.1) is 5.92 Å². The van der Waals surface area contributed by atoms with Gasteiger partial charge in [-0.1, -0.05) is 48.0 Å². The van der Waals surface area contributed by atoms with Crippen molar-refractivity contribution in [3.8, 4) is 11.5 Å². The monoisotopic (exact) mass is 450 g/mol. The molecule has 3 atom stereocenters. The molecule has 2 aliphatic rings. The van der Waals surface area contributed by atoms with Crippen LogP contribution in [0.25, 0.3) is 0 Å². The molecule has 7 nitrogen and oxygen atoms in total. The molecule has 0 spiro atoms. The van der Waals surface area contributed by atoms with Gasteiger partial charge in [-0.15, -0.1) is 0 Å². The van der Waals surface area contributed by atoms with Crippen molar-refractivity contribution >= 4 is 34.8 Å². The van der Waals surface area contributed by atoms with Crippen molar-refractivity contribution in [3.05, 3.63) is 83.4 Å². The van der Waals surface area contributed by atoms with E-state index in [2.05, 4.69) is 0 Å². The summed E-state index contributed by atoms with van der Waals surface area (Å²) in [4.78, 5) is 34.1. The first-order chi connectivity index (χ1) is 15.5. The maximum atomic E-state index is 13.6. The van der Waals surface area contributed by atoms with Crippen LogP contribution in [0.2, 0.25) is 5.02 Å². The Morgan fingerprint density at radius 2 is 1.69 bits per heavy atom. The number of carbonyl (C=O) groups is 2. The average Bonchev–Trinajstić information content (AvgIpc) is 3.31. The zero-order chi connectivity index (χ0) is 22.4. The van der Waals surface area contributed by atoms with Crippen LogP contribution in [0.5, 0.6) is 11.5 Å². The summed E-state index contributed by atoms with van der Waals surface area (Å²) in [7, 11) is 1.45. The van der Waals surface area contributed by atoms with Crippen molar-refractivity contribution < 1.29 is 24.3 Å². The van der Waals surface area contributed by atoms with Crippen LogP contribution >= 0.6 is 11.6 Å². The standard InChI is InChI=1S/C24H19ClN2O5/c1-31-19-13-14(11-12-18(19)28)21-20-22(32-27(21)15-7-3-2-4-8-15)24(30)26(23(20)29)17-10-6-5-9-16(17)25/h2-13,20-22,28H,1H3/t20-,21+,22-/m1/s1. The van der Waals surface area contributed by atoms with E-state index in [4.69, 9.17) is 21.2 Å². The molecule has 2 heterocycles. The van der Waals surface area contributed by atoms with Crippen LogP contribution in [0.1, 0.15) is 11.6 Å². The Balaban J connectivity index is 1.62. The van der Waals surface area contributed by atoms with Gasteiger partial charge in [-0.3, -0.25) is 14.4 Å². The highest BCUT2D eigenvalue weighted by Crippen LogP contribution is 2.49. The summed E-state index contributed by atoms with van der Waals surface area (Å²) in [6.45, 7) is 0. The van der Waals surface area contributed by atoms with Gasteiger partial charge in [0.05, 0.1) is 29.5 Å². The fraction of sp³-hybridized carbons (Fsp3) is 0.167. The van der Waals surface area contributed by atoms with E-state index >= 15 is 0 Å². The van der Waals surface area contributed by atoms with E-state index in [1.165, 1.54) is 13.2 Å². The van der Waals surface area contributed by atoms with Crippen molar-refractivity contribution in [3.63, 3.8) is 0 Å². The number of benzene rings is 3. The third-order valence-electron chi connectivity index (χ3n) is 5.76. The molecule has 1 N–H and O–H groups in total. The topological polar surface area (TPSA) is 79.3 Å². The second kappa shape index (κ2) is 7.85. The number of carbonyl (C=O) groups excluding carboxylic acids is 2. The molecule has 5 rings (SSSR count). The highest BCUT2D eigenvalue weighted by atomic mass is 35.5. The van der Waals surface area contributed by atoms with Crippen molar-refractivity contribution in [1.82, 2.24) is 0 Å². The molecule has 2 aliphatic heterocycles. The fourth-order valence-electron chi connectivity index (χ4n) is 4.30. The van der Waals surface area contributed by atoms with E-state index in [1.807, 2.05) is 30.3 Å². The molecule has 0 aliphatic carbocycles. The van der Waals surface area contributed by atoms with Crippen LogP contribution < -0.4 is 14.7 Å². The smallest absolute Gasteiger partial charge is 0.266 e. The summed E-state index contributed by atoms with van der Waals surface area (Å²) in [5, 5.41) is 11.9. The molecular formula is C24H19ClN2O5. The number of hydroxylamine groups is 1. The fourth-order valence-corrected chi connectivity index (χ4v) is 4.52. The Kier molecular flexibility index (Phi) is 5.00. The Morgan fingerprint density at radius 3 is 2.41 bits per heavy atom. The number of nitrogens with zero attached hydrogens (tertiary/aromatic N) is 2. The number of hydrogen-bond donors (Lipinski definition) is 1. The first-order valence-corrected chi connectivity index (χ1v) is 10.4. The third kappa shape index (κ3) is 3.09. The lowest BCUT2D eigenvalue weighted by Crippen LogP contribution is -2.37. The Morgan fingerprint density at radius 1 is 0.969 bits per heavy atom. The summed E-state index contributed by atoms with van der Waals surface area (Å²) in [5.41, 5.74) is 1.69. The molecule has 0 aromatic heterocycles. The highest BCUT2D eigenvalue weighted by Gasteiger charge is 2.60. The minimum atomic E-state index is -1.01. The summed E-state index contributed by atoms with van der Waals surface area (Å²) < 4.78 is 5.26. The molecule has 32 heavy (non-hydrogen) atoms. The predicted octanol–water partition coefficient (Wildman–Crippen LogP) is 4.11. The lowest BCUT2D eigenvalue weighted by atomic mass is 9.90. The van der Waals surface area contributed by atoms with Gasteiger partial charge in [0.2, 0.25) is 5.91 Å². The normalized spacial score (nSPS) is 22.4. The molecule has 0 radical (unpaired) electrons. The summed E-state index contributed by atoms with van der Waals surface area (Å²) in [6, 6.07) is 20.2. The van der Waals surface area contributed by atoms with Gasteiger partial charge < -0.3 is 9.84 Å². The van der Waals surface area contributed by atoms with Crippen molar-refractivity contribution in [2.45, 2.75) is 12.1 Å². The number of phenols is 1. The van der Waals surface area contributed by atoms with E-state index in [0.717, 1.165) is 4.90 Å². The number of fused-ring (bicyclic) bond motifs is 1. The van der Waals surface area contributed by atoms with E-state index in [-0.39, 0.29) is 11.5 Å². The number of ether oxygens (including phenoxy) is 1. The number of phenolic OH excluding ortho intramolecular Hbond substituents is 1. The molecule has 3 aromatic rings. The molecular weight excluding hydrogens is 432 g/mol. The number of rotatable bonds is 4. The van der Waals surface area contributed by atoms with E-state index in [1.54, 1.807) is 41.5 Å². The number of anilines is 2. The van der Waals surface area contributed by atoms with Crippen LogP contribution in [0.3, 0.4) is 0 Å². The molecule has 2 amide bonds. The molecule has 8 heteroatoms. The van der Waals surface area contributed by atoms with Gasteiger partial charge in [0, 0.05) is 0 Å². The van der Waals surface area contributed by atoms with Crippen LogP contribution in [0.15, 0.2) is 72.8 Å². The zero-order valence-corrected chi connectivity index (χ0v) is 17.8. The third-order valence-corrected chi connectivity index (χ3v) is 6.08. The number of halogens is 1. The Bertz CT molecular complexity index is 1200. The minimum Gasteiger partial charge on any atom is -0.504 e. The van der Waals surface area contributed by atoms with Gasteiger partial charge >= 0.3 is 0 Å². The van der Waals surface area contributed by atoms with Gasteiger partial charge in [0.25, 0.3) is 5.91 Å². The van der Waals surface area contributed by atoms with Gasteiger partial charge in [0.15, 0.2) is 17.6 Å². The number of hydrogen-bond acceptors (Lipinski definition) is 6. The number of methoxy groups -OCH3 is 1. The number of para-hydroxylation sites is 2. The maximum absolute atomic E-state index is 13.6. The van der Waals surface area contributed by atoms with E-state index in [9.17, 15) is 14.7 Å². The van der Waals surface area contributed by atoms with Crippen LogP contribution in [-0.4, -0.2) is 30.1 Å². The molecule has 3 aromatic carbocycles. The minimum absolute atomic E-state index is 0.0236. The second-order valence-electron chi connectivity index (χ2n) is 7.55. The van der Waals surface area contributed by atoms with Crippen molar-refractivity contribution in [1.29, 1.82) is 0 Å². The van der Waals surface area contributed by atoms with Crippen LogP contribution in [-0.2, 0) is 14.4 Å². The summed E-state index contributed by atoms with van der Waals surface area (Å²) in [5.74, 6) is -1.44. The zero-order valence-electron chi connectivity index (χ0n) is 17.0. The molecule has 0 bridgehead atoms. The molecule has 0 unspecified atom stereocenters. The van der Waals surface area contributed by atoms with Crippen molar-refractivity contribution in [2.75, 3.05) is 17.1 Å². The quantitative estimate of drug-likeness (QED) is 0.603. The Hall–Kier alpha value is -3.55. The van der Waals surface area contributed by atoms with Gasteiger partial charge in [0.1, 0.15) is 5.92 Å². The average molecular weight is 451 g/mol. The van der Waals surface area contributed by atoms with Gasteiger partial charge in [-0.25, -0.2) is 9.96 Å². The molecule has 2 saturated heterocycles. The van der Waals surface area contributed by atoms with Gasteiger partial charge in [-0.05, 0) is 42.0 Å². The molecule has 162 valence electrons.